The Labute approximate surface area is 68.4 Å². The summed E-state index contributed by atoms with van der Waals surface area (Å²) in [6.45, 7) is 0. The summed E-state index contributed by atoms with van der Waals surface area (Å²) in [4.78, 5) is 3.58. The van der Waals surface area contributed by atoms with Gasteiger partial charge in [-0.3, -0.25) is 0 Å². The fraction of sp³-hybridized carbons (Fsp3) is 0.125. The standard InChI is InChI=1S/C8H6F2N2/c1-2-5-3-7(11)6(4-12-5)8(9)10/h1,3-4,8H,(H2,11,12). The van der Waals surface area contributed by atoms with Gasteiger partial charge in [0.15, 0.2) is 0 Å². The van der Waals surface area contributed by atoms with Gasteiger partial charge in [-0.1, -0.05) is 5.92 Å². The largest absolute Gasteiger partial charge is 0.398 e. The quantitative estimate of drug-likeness (QED) is 0.646. The molecule has 12 heavy (non-hydrogen) atoms. The van der Waals surface area contributed by atoms with Gasteiger partial charge < -0.3 is 5.73 Å². The van der Waals surface area contributed by atoms with Gasteiger partial charge in [0.1, 0.15) is 5.69 Å². The highest BCUT2D eigenvalue weighted by Crippen LogP contribution is 2.23. The minimum atomic E-state index is -2.61. The predicted molar refractivity (Wildman–Crippen MR) is 41.5 cm³/mol. The summed E-state index contributed by atoms with van der Waals surface area (Å²) >= 11 is 0. The van der Waals surface area contributed by atoms with E-state index in [0.717, 1.165) is 6.20 Å². The van der Waals surface area contributed by atoms with Gasteiger partial charge in [0.25, 0.3) is 6.43 Å². The van der Waals surface area contributed by atoms with Gasteiger partial charge in [0, 0.05) is 11.9 Å². The van der Waals surface area contributed by atoms with Crippen molar-refractivity contribution in [2.75, 3.05) is 5.73 Å². The summed E-state index contributed by atoms with van der Waals surface area (Å²) < 4.78 is 24.2. The molecular formula is C8H6F2N2. The summed E-state index contributed by atoms with van der Waals surface area (Å²) in [5.74, 6) is 2.20. The normalized spacial score (nSPS) is 9.83. The van der Waals surface area contributed by atoms with Crippen LogP contribution < -0.4 is 5.73 Å². The molecular weight excluding hydrogens is 162 g/mol. The number of nitrogens with two attached hydrogens (primary N) is 1. The highest BCUT2D eigenvalue weighted by Gasteiger charge is 2.11. The minimum absolute atomic E-state index is 0.0204. The van der Waals surface area contributed by atoms with Gasteiger partial charge in [-0.05, 0) is 6.07 Å². The van der Waals surface area contributed by atoms with E-state index >= 15 is 0 Å². The van der Waals surface area contributed by atoms with E-state index in [0.29, 0.717) is 0 Å². The third kappa shape index (κ3) is 1.51. The van der Waals surface area contributed by atoms with Gasteiger partial charge in [-0.2, -0.15) is 0 Å². The number of aromatic nitrogens is 1. The van der Waals surface area contributed by atoms with Crippen molar-refractivity contribution in [2.45, 2.75) is 6.43 Å². The fourth-order valence-electron chi connectivity index (χ4n) is 0.743. The number of hydrogen-bond donors (Lipinski definition) is 1. The van der Waals surface area contributed by atoms with Crippen LogP contribution in [-0.4, -0.2) is 4.98 Å². The highest BCUT2D eigenvalue weighted by atomic mass is 19.3. The van der Waals surface area contributed by atoms with Crippen molar-refractivity contribution in [3.05, 3.63) is 23.5 Å². The predicted octanol–water partition coefficient (Wildman–Crippen LogP) is 1.58. The first-order chi connectivity index (χ1) is 5.65. The zero-order chi connectivity index (χ0) is 9.14. The molecule has 0 amide bonds. The van der Waals surface area contributed by atoms with E-state index in [1.165, 1.54) is 6.07 Å². The molecule has 1 aromatic heterocycles. The van der Waals surface area contributed by atoms with Crippen LogP contribution in [0, 0.1) is 12.3 Å². The third-order valence-corrected chi connectivity index (χ3v) is 1.35. The zero-order valence-corrected chi connectivity index (χ0v) is 6.09. The molecule has 0 aliphatic heterocycles. The lowest BCUT2D eigenvalue weighted by Crippen LogP contribution is -1.97. The molecule has 1 aromatic rings. The average Bonchev–Trinajstić information content (AvgIpc) is 2.03. The van der Waals surface area contributed by atoms with Crippen LogP contribution in [0.1, 0.15) is 17.7 Å². The maximum Gasteiger partial charge on any atom is 0.267 e. The van der Waals surface area contributed by atoms with Crippen molar-refractivity contribution in [2.24, 2.45) is 0 Å². The first-order valence-corrected chi connectivity index (χ1v) is 3.15. The Morgan fingerprint density at radius 2 is 2.25 bits per heavy atom. The number of anilines is 1. The molecule has 0 fully saturated rings. The van der Waals surface area contributed by atoms with Crippen molar-refractivity contribution in [1.82, 2.24) is 4.98 Å². The summed E-state index contributed by atoms with van der Waals surface area (Å²) in [6, 6.07) is 1.25. The number of terminal acetylenes is 1. The number of rotatable bonds is 1. The molecule has 4 heteroatoms. The molecule has 1 rings (SSSR count). The molecule has 62 valence electrons. The lowest BCUT2D eigenvalue weighted by atomic mass is 10.2. The fourth-order valence-corrected chi connectivity index (χ4v) is 0.743. The summed E-state index contributed by atoms with van der Waals surface area (Å²) in [5.41, 5.74) is 5.24. The molecule has 2 N–H and O–H groups in total. The smallest absolute Gasteiger partial charge is 0.267 e. The Bertz CT molecular complexity index is 328. The van der Waals surface area contributed by atoms with E-state index in [9.17, 15) is 8.78 Å². The molecule has 0 saturated heterocycles. The first-order valence-electron chi connectivity index (χ1n) is 3.15. The van der Waals surface area contributed by atoms with Crippen LogP contribution in [0.15, 0.2) is 12.3 Å². The van der Waals surface area contributed by atoms with E-state index in [1.54, 1.807) is 0 Å². The van der Waals surface area contributed by atoms with E-state index in [4.69, 9.17) is 12.2 Å². The van der Waals surface area contributed by atoms with Crippen molar-refractivity contribution < 1.29 is 8.78 Å². The van der Waals surface area contributed by atoms with E-state index in [2.05, 4.69) is 10.9 Å². The lowest BCUT2D eigenvalue weighted by Gasteiger charge is -2.02. The van der Waals surface area contributed by atoms with Gasteiger partial charge in [0.05, 0.1) is 5.56 Å². The molecule has 0 spiro atoms. The number of nitrogens with zero attached hydrogens (tertiary/aromatic N) is 1. The van der Waals surface area contributed by atoms with Gasteiger partial charge >= 0.3 is 0 Å². The molecule has 0 saturated carbocycles. The van der Waals surface area contributed by atoms with Gasteiger partial charge in [-0.15, -0.1) is 6.42 Å². The second-order valence-corrected chi connectivity index (χ2v) is 2.14. The summed E-state index contributed by atoms with van der Waals surface area (Å²) in [6.07, 6.45) is 3.38. The topological polar surface area (TPSA) is 38.9 Å². The molecule has 0 unspecified atom stereocenters. The SMILES string of the molecule is C#Cc1cc(N)c(C(F)F)cn1. The Kier molecular flexibility index (Phi) is 2.24. The summed E-state index contributed by atoms with van der Waals surface area (Å²) in [7, 11) is 0. The number of nitrogen functional groups attached to an aromatic ring is 1. The molecule has 1 heterocycles. The van der Waals surface area contributed by atoms with Crippen LogP contribution in [0.3, 0.4) is 0 Å². The molecule has 0 bridgehead atoms. The first kappa shape index (κ1) is 8.47. The second-order valence-electron chi connectivity index (χ2n) is 2.14. The van der Waals surface area contributed by atoms with Crippen LogP contribution in [0.4, 0.5) is 14.5 Å². The maximum absolute atomic E-state index is 12.1. The minimum Gasteiger partial charge on any atom is -0.398 e. The zero-order valence-electron chi connectivity index (χ0n) is 6.09. The number of alkyl halides is 2. The van der Waals surface area contributed by atoms with Crippen molar-refractivity contribution in [3.63, 3.8) is 0 Å². The Balaban J connectivity index is 3.14. The van der Waals surface area contributed by atoms with E-state index in [1.807, 2.05) is 0 Å². The van der Waals surface area contributed by atoms with Crippen molar-refractivity contribution in [3.8, 4) is 12.3 Å². The van der Waals surface area contributed by atoms with Crippen LogP contribution in [-0.2, 0) is 0 Å². The third-order valence-electron chi connectivity index (χ3n) is 1.35. The molecule has 0 aliphatic carbocycles. The molecule has 2 nitrogen and oxygen atoms in total. The number of hydrogen-bond acceptors (Lipinski definition) is 2. The molecule has 0 aliphatic rings. The Morgan fingerprint density at radius 1 is 1.58 bits per heavy atom. The van der Waals surface area contributed by atoms with Crippen molar-refractivity contribution >= 4 is 5.69 Å². The van der Waals surface area contributed by atoms with Crippen molar-refractivity contribution in [1.29, 1.82) is 0 Å². The van der Waals surface area contributed by atoms with Crippen LogP contribution >= 0.6 is 0 Å². The Morgan fingerprint density at radius 3 is 2.67 bits per heavy atom. The molecule has 0 atom stereocenters. The van der Waals surface area contributed by atoms with Crippen LogP contribution in [0.25, 0.3) is 0 Å². The van der Waals surface area contributed by atoms with E-state index in [-0.39, 0.29) is 16.9 Å². The lowest BCUT2D eigenvalue weighted by molar-refractivity contribution is 0.152. The molecule has 0 radical (unpaired) electrons. The van der Waals surface area contributed by atoms with Crippen LogP contribution in [0.2, 0.25) is 0 Å². The second kappa shape index (κ2) is 3.18. The summed E-state index contributed by atoms with van der Waals surface area (Å²) in [5, 5.41) is 0. The average molecular weight is 168 g/mol. The number of halogens is 2. The Hall–Kier alpha value is -1.63. The van der Waals surface area contributed by atoms with E-state index < -0.39 is 6.43 Å². The highest BCUT2D eigenvalue weighted by molar-refractivity contribution is 5.49. The number of pyridine rings is 1. The molecule has 0 aromatic carbocycles. The van der Waals surface area contributed by atoms with Gasteiger partial charge in [-0.25, -0.2) is 13.8 Å². The maximum atomic E-state index is 12.1. The van der Waals surface area contributed by atoms with Crippen LogP contribution in [0.5, 0.6) is 0 Å². The van der Waals surface area contributed by atoms with Gasteiger partial charge in [0.2, 0.25) is 0 Å². The monoisotopic (exact) mass is 168 g/mol.